The monoisotopic (exact) mass is 256 g/mol. The van der Waals surface area contributed by atoms with E-state index in [0.717, 1.165) is 19.6 Å². The normalized spacial score (nSPS) is 10.7. The van der Waals surface area contributed by atoms with Gasteiger partial charge in [0.2, 0.25) is 0 Å². The lowest BCUT2D eigenvalue weighted by molar-refractivity contribution is 0.870. The molecule has 0 aliphatic carbocycles. The molecule has 0 heterocycles. The quantitative estimate of drug-likeness (QED) is 0.793. The molecule has 0 fully saturated rings. The summed E-state index contributed by atoms with van der Waals surface area (Å²) in [5, 5.41) is 2.69. The predicted molar refractivity (Wildman–Crippen MR) is 86.5 cm³/mol. The molecule has 0 unspecified atom stereocenters. The lowest BCUT2D eigenvalue weighted by Gasteiger charge is -2.26. The zero-order valence-electron chi connectivity index (χ0n) is 12.5. The highest BCUT2D eigenvalue weighted by molar-refractivity contribution is 6.03. The number of benzene rings is 2. The Hall–Kier alpha value is -1.70. The lowest BCUT2D eigenvalue weighted by atomic mass is 10.0. The van der Waals surface area contributed by atoms with Gasteiger partial charge in [-0.05, 0) is 38.3 Å². The van der Waals surface area contributed by atoms with E-state index in [9.17, 15) is 0 Å². The van der Waals surface area contributed by atoms with Gasteiger partial charge in [-0.1, -0.05) is 24.3 Å². The van der Waals surface area contributed by atoms with E-state index in [4.69, 9.17) is 0 Å². The van der Waals surface area contributed by atoms with Crippen molar-refractivity contribution in [2.24, 2.45) is 0 Å². The van der Waals surface area contributed by atoms with Crippen molar-refractivity contribution in [3.05, 3.63) is 36.4 Å². The Morgan fingerprint density at radius 1 is 0.789 bits per heavy atom. The van der Waals surface area contributed by atoms with Crippen LogP contribution < -0.4 is 9.80 Å². The molecule has 0 aliphatic rings. The van der Waals surface area contributed by atoms with Crippen LogP contribution in [0.5, 0.6) is 0 Å². The van der Waals surface area contributed by atoms with Crippen molar-refractivity contribution < 1.29 is 0 Å². The molecule has 2 aromatic rings. The molecular formula is C17H24N2. The molecule has 2 nitrogen and oxygen atoms in total. The summed E-state index contributed by atoms with van der Waals surface area (Å²) in [7, 11) is 2.16. The summed E-state index contributed by atoms with van der Waals surface area (Å²) in [5.41, 5.74) is 2.67. The number of nitrogens with zero attached hydrogens (tertiary/aromatic N) is 2. The van der Waals surface area contributed by atoms with E-state index >= 15 is 0 Å². The molecule has 2 aromatic carbocycles. The Bertz CT molecular complexity index is 539. The number of fused-ring (bicyclic) bond motifs is 1. The van der Waals surface area contributed by atoms with Gasteiger partial charge >= 0.3 is 0 Å². The summed E-state index contributed by atoms with van der Waals surface area (Å²) in [5.74, 6) is 0. The van der Waals surface area contributed by atoms with Gasteiger partial charge in [-0.25, -0.2) is 0 Å². The number of anilines is 2. The summed E-state index contributed by atoms with van der Waals surface area (Å²) in [6.45, 7) is 9.73. The van der Waals surface area contributed by atoms with Crippen LogP contribution in [0.1, 0.15) is 20.8 Å². The van der Waals surface area contributed by atoms with Gasteiger partial charge in [-0.2, -0.15) is 0 Å². The molecule has 0 amide bonds. The molecule has 0 atom stereocenters. The van der Waals surface area contributed by atoms with E-state index in [2.05, 4.69) is 74.0 Å². The average Bonchev–Trinajstić information content (AvgIpc) is 2.47. The van der Waals surface area contributed by atoms with Crippen molar-refractivity contribution in [2.75, 3.05) is 36.5 Å². The van der Waals surface area contributed by atoms with Gasteiger partial charge in [0.25, 0.3) is 0 Å². The van der Waals surface area contributed by atoms with E-state index in [-0.39, 0.29) is 0 Å². The highest BCUT2D eigenvalue weighted by Gasteiger charge is 2.12. The van der Waals surface area contributed by atoms with E-state index < -0.39 is 0 Å². The van der Waals surface area contributed by atoms with E-state index in [1.807, 2.05) is 0 Å². The summed E-state index contributed by atoms with van der Waals surface area (Å²) in [6.07, 6.45) is 0. The summed E-state index contributed by atoms with van der Waals surface area (Å²) in [4.78, 5) is 4.74. The second-order valence-corrected chi connectivity index (χ2v) is 4.84. The van der Waals surface area contributed by atoms with Crippen LogP contribution in [-0.2, 0) is 0 Å². The SMILES string of the molecule is CCN(C)c1cccc2cccc(N(CC)CC)c12. The largest absolute Gasteiger partial charge is 0.374 e. The predicted octanol–water partition coefficient (Wildman–Crippen LogP) is 4.14. The lowest BCUT2D eigenvalue weighted by Crippen LogP contribution is -2.23. The number of rotatable bonds is 5. The summed E-state index contributed by atoms with van der Waals surface area (Å²) >= 11 is 0. The Morgan fingerprint density at radius 2 is 1.37 bits per heavy atom. The zero-order chi connectivity index (χ0) is 13.8. The third-order valence-electron chi connectivity index (χ3n) is 3.85. The molecule has 0 N–H and O–H groups in total. The third-order valence-corrected chi connectivity index (χ3v) is 3.85. The van der Waals surface area contributed by atoms with Crippen molar-refractivity contribution in [3.63, 3.8) is 0 Å². The zero-order valence-corrected chi connectivity index (χ0v) is 12.5. The third kappa shape index (κ3) is 2.53. The highest BCUT2D eigenvalue weighted by Crippen LogP contribution is 2.34. The van der Waals surface area contributed by atoms with Crippen molar-refractivity contribution in [1.29, 1.82) is 0 Å². The van der Waals surface area contributed by atoms with E-state index in [1.54, 1.807) is 0 Å². The minimum absolute atomic E-state index is 1.02. The van der Waals surface area contributed by atoms with Gasteiger partial charge in [0.1, 0.15) is 0 Å². The maximum atomic E-state index is 2.43. The Balaban J connectivity index is 2.70. The molecule has 0 aromatic heterocycles. The fraction of sp³-hybridized carbons (Fsp3) is 0.412. The molecule has 0 saturated heterocycles. The van der Waals surface area contributed by atoms with Gasteiger partial charge < -0.3 is 9.80 Å². The molecule has 0 bridgehead atoms. The minimum atomic E-state index is 1.02. The molecule has 0 aliphatic heterocycles. The molecule has 0 spiro atoms. The van der Waals surface area contributed by atoms with Crippen LogP contribution in [0.2, 0.25) is 0 Å². The van der Waals surface area contributed by atoms with Gasteiger partial charge in [0, 0.05) is 43.4 Å². The van der Waals surface area contributed by atoms with Crippen molar-refractivity contribution in [3.8, 4) is 0 Å². The summed E-state index contributed by atoms with van der Waals surface area (Å²) < 4.78 is 0. The van der Waals surface area contributed by atoms with Gasteiger partial charge in [0.15, 0.2) is 0 Å². The fourth-order valence-corrected chi connectivity index (χ4v) is 2.62. The minimum Gasteiger partial charge on any atom is -0.374 e. The van der Waals surface area contributed by atoms with Gasteiger partial charge in [-0.3, -0.25) is 0 Å². The second kappa shape index (κ2) is 5.96. The molecule has 2 rings (SSSR count). The first-order valence-corrected chi connectivity index (χ1v) is 7.20. The van der Waals surface area contributed by atoms with E-state index in [0.29, 0.717) is 0 Å². The average molecular weight is 256 g/mol. The standard InChI is InChI=1S/C17H24N2/c1-5-18(4)15-12-8-10-14-11-9-13-16(17(14)15)19(6-2)7-3/h8-13H,5-7H2,1-4H3. The number of hydrogen-bond donors (Lipinski definition) is 0. The van der Waals surface area contributed by atoms with Crippen molar-refractivity contribution in [2.45, 2.75) is 20.8 Å². The molecule has 0 radical (unpaired) electrons. The second-order valence-electron chi connectivity index (χ2n) is 4.84. The number of hydrogen-bond acceptors (Lipinski definition) is 2. The van der Waals surface area contributed by atoms with E-state index in [1.165, 1.54) is 22.1 Å². The first kappa shape index (κ1) is 13.7. The van der Waals surface area contributed by atoms with Crippen LogP contribution >= 0.6 is 0 Å². The maximum absolute atomic E-state index is 2.43. The Kier molecular flexibility index (Phi) is 4.31. The molecule has 2 heteroatoms. The van der Waals surface area contributed by atoms with Crippen LogP contribution in [0.25, 0.3) is 10.8 Å². The van der Waals surface area contributed by atoms with Gasteiger partial charge in [0.05, 0.1) is 0 Å². The molecule has 102 valence electrons. The van der Waals surface area contributed by atoms with Gasteiger partial charge in [-0.15, -0.1) is 0 Å². The van der Waals surface area contributed by atoms with Crippen LogP contribution in [0.4, 0.5) is 11.4 Å². The summed E-state index contributed by atoms with van der Waals surface area (Å²) in [6, 6.07) is 13.2. The highest BCUT2D eigenvalue weighted by atomic mass is 15.1. The molecule has 0 saturated carbocycles. The maximum Gasteiger partial charge on any atom is 0.0466 e. The van der Waals surface area contributed by atoms with Crippen LogP contribution in [-0.4, -0.2) is 26.7 Å². The Labute approximate surface area is 116 Å². The topological polar surface area (TPSA) is 6.48 Å². The van der Waals surface area contributed by atoms with Crippen LogP contribution in [0.15, 0.2) is 36.4 Å². The van der Waals surface area contributed by atoms with Crippen molar-refractivity contribution in [1.82, 2.24) is 0 Å². The fourth-order valence-electron chi connectivity index (χ4n) is 2.62. The van der Waals surface area contributed by atoms with Crippen molar-refractivity contribution >= 4 is 22.1 Å². The first-order valence-electron chi connectivity index (χ1n) is 7.20. The smallest absolute Gasteiger partial charge is 0.0466 e. The van der Waals surface area contributed by atoms with Crippen LogP contribution in [0.3, 0.4) is 0 Å². The molecule has 19 heavy (non-hydrogen) atoms. The molecular weight excluding hydrogens is 232 g/mol. The Morgan fingerprint density at radius 3 is 1.89 bits per heavy atom. The van der Waals surface area contributed by atoms with Crippen LogP contribution in [0, 0.1) is 0 Å². The first-order chi connectivity index (χ1) is 9.22.